The SMILES string of the molecule is CCNC(c1cc(C)ccn1)c1ccccc1OC(C)C. The predicted molar refractivity (Wildman–Crippen MR) is 86.7 cm³/mol. The Morgan fingerprint density at radius 2 is 1.95 bits per heavy atom. The van der Waals surface area contributed by atoms with Crippen LogP contribution in [0.5, 0.6) is 5.75 Å². The average molecular weight is 284 g/mol. The van der Waals surface area contributed by atoms with Gasteiger partial charge in [0, 0.05) is 11.8 Å². The minimum Gasteiger partial charge on any atom is -0.491 e. The monoisotopic (exact) mass is 284 g/mol. The van der Waals surface area contributed by atoms with Gasteiger partial charge < -0.3 is 10.1 Å². The summed E-state index contributed by atoms with van der Waals surface area (Å²) in [5, 5.41) is 3.51. The molecule has 1 atom stereocenters. The normalized spacial score (nSPS) is 12.4. The summed E-state index contributed by atoms with van der Waals surface area (Å²) in [6.07, 6.45) is 2.01. The van der Waals surface area contributed by atoms with Crippen molar-refractivity contribution in [1.29, 1.82) is 0 Å². The van der Waals surface area contributed by atoms with E-state index in [9.17, 15) is 0 Å². The van der Waals surface area contributed by atoms with E-state index in [0.717, 1.165) is 23.6 Å². The van der Waals surface area contributed by atoms with Gasteiger partial charge in [0.2, 0.25) is 0 Å². The van der Waals surface area contributed by atoms with E-state index in [2.05, 4.69) is 36.3 Å². The summed E-state index contributed by atoms with van der Waals surface area (Å²) in [6.45, 7) is 9.16. The van der Waals surface area contributed by atoms with Crippen LogP contribution in [0.25, 0.3) is 0 Å². The van der Waals surface area contributed by atoms with E-state index in [0.29, 0.717) is 0 Å². The van der Waals surface area contributed by atoms with Gasteiger partial charge in [0.1, 0.15) is 5.75 Å². The minimum atomic E-state index is 0.0462. The van der Waals surface area contributed by atoms with E-state index in [1.54, 1.807) is 0 Å². The van der Waals surface area contributed by atoms with Gasteiger partial charge in [-0.05, 0) is 51.1 Å². The smallest absolute Gasteiger partial charge is 0.124 e. The number of rotatable bonds is 6. The van der Waals surface area contributed by atoms with Crippen molar-refractivity contribution in [3.8, 4) is 5.75 Å². The highest BCUT2D eigenvalue weighted by atomic mass is 16.5. The number of nitrogens with zero attached hydrogens (tertiary/aromatic N) is 1. The molecule has 0 saturated carbocycles. The Morgan fingerprint density at radius 1 is 1.19 bits per heavy atom. The second-order valence-corrected chi connectivity index (χ2v) is 5.45. The number of ether oxygens (including phenoxy) is 1. The first-order valence-electron chi connectivity index (χ1n) is 7.53. The third kappa shape index (κ3) is 4.05. The van der Waals surface area contributed by atoms with Crippen molar-refractivity contribution in [2.75, 3.05) is 6.54 Å². The summed E-state index contributed by atoms with van der Waals surface area (Å²) >= 11 is 0. The van der Waals surface area contributed by atoms with E-state index in [4.69, 9.17) is 4.74 Å². The van der Waals surface area contributed by atoms with Crippen molar-refractivity contribution in [3.63, 3.8) is 0 Å². The summed E-state index contributed by atoms with van der Waals surface area (Å²) in [4.78, 5) is 4.54. The molecule has 0 spiro atoms. The first kappa shape index (κ1) is 15.5. The third-order valence-electron chi connectivity index (χ3n) is 3.23. The maximum absolute atomic E-state index is 5.96. The molecule has 3 nitrogen and oxygen atoms in total. The predicted octanol–water partition coefficient (Wildman–Crippen LogP) is 3.88. The Balaban J connectivity index is 2.43. The Hall–Kier alpha value is -1.87. The summed E-state index contributed by atoms with van der Waals surface area (Å²) < 4.78 is 5.96. The van der Waals surface area contributed by atoms with Crippen molar-refractivity contribution in [1.82, 2.24) is 10.3 Å². The van der Waals surface area contributed by atoms with Crippen molar-refractivity contribution >= 4 is 0 Å². The van der Waals surface area contributed by atoms with Crippen molar-refractivity contribution < 1.29 is 4.74 Å². The standard InChI is InChI=1S/C18H24N2O/c1-5-19-18(16-12-14(4)10-11-20-16)15-8-6-7-9-17(15)21-13(2)3/h6-13,18-19H,5H2,1-4H3. The first-order chi connectivity index (χ1) is 10.1. The van der Waals surface area contributed by atoms with Gasteiger partial charge >= 0.3 is 0 Å². The van der Waals surface area contributed by atoms with Gasteiger partial charge in [-0.25, -0.2) is 0 Å². The molecule has 0 amide bonds. The maximum Gasteiger partial charge on any atom is 0.124 e. The van der Waals surface area contributed by atoms with Gasteiger partial charge in [-0.2, -0.15) is 0 Å². The molecule has 3 heteroatoms. The number of benzene rings is 1. The molecular formula is C18H24N2O. The fourth-order valence-corrected chi connectivity index (χ4v) is 2.38. The van der Waals surface area contributed by atoms with Crippen LogP contribution < -0.4 is 10.1 Å². The van der Waals surface area contributed by atoms with Crippen molar-refractivity contribution in [2.45, 2.75) is 39.8 Å². The molecule has 0 fully saturated rings. The highest BCUT2D eigenvalue weighted by Gasteiger charge is 2.19. The summed E-state index contributed by atoms with van der Waals surface area (Å²) in [6, 6.07) is 12.4. The zero-order valence-electron chi connectivity index (χ0n) is 13.3. The first-order valence-corrected chi connectivity index (χ1v) is 7.53. The fraction of sp³-hybridized carbons (Fsp3) is 0.389. The van der Waals surface area contributed by atoms with Crippen molar-refractivity contribution in [2.24, 2.45) is 0 Å². The zero-order chi connectivity index (χ0) is 15.2. The highest BCUT2D eigenvalue weighted by molar-refractivity contribution is 5.40. The second-order valence-electron chi connectivity index (χ2n) is 5.45. The minimum absolute atomic E-state index is 0.0462. The number of hydrogen-bond donors (Lipinski definition) is 1. The van der Waals surface area contributed by atoms with Crippen LogP contribution in [0.1, 0.15) is 43.6 Å². The molecule has 2 rings (SSSR count). The van der Waals surface area contributed by atoms with Crippen LogP contribution in [0, 0.1) is 6.92 Å². The molecule has 0 aliphatic heterocycles. The Morgan fingerprint density at radius 3 is 2.62 bits per heavy atom. The number of aromatic nitrogens is 1. The Kier molecular flexibility index (Phi) is 5.34. The van der Waals surface area contributed by atoms with Crippen molar-refractivity contribution in [3.05, 3.63) is 59.4 Å². The molecule has 112 valence electrons. The molecule has 0 radical (unpaired) electrons. The van der Waals surface area contributed by atoms with Gasteiger partial charge in [-0.15, -0.1) is 0 Å². The molecule has 1 N–H and O–H groups in total. The molecule has 21 heavy (non-hydrogen) atoms. The Labute approximate surface area is 127 Å². The van der Waals surface area contributed by atoms with E-state index in [-0.39, 0.29) is 12.1 Å². The van der Waals surface area contributed by atoms with Crippen LogP contribution in [-0.4, -0.2) is 17.6 Å². The number of aryl methyl sites for hydroxylation is 1. The third-order valence-corrected chi connectivity index (χ3v) is 3.23. The summed E-state index contributed by atoms with van der Waals surface area (Å²) in [7, 11) is 0. The van der Waals surface area contributed by atoms with Gasteiger partial charge in [0.05, 0.1) is 17.8 Å². The number of pyridine rings is 1. The van der Waals surface area contributed by atoms with Crippen LogP contribution in [-0.2, 0) is 0 Å². The van der Waals surface area contributed by atoms with Gasteiger partial charge in [0.25, 0.3) is 0 Å². The number of nitrogens with one attached hydrogen (secondary N) is 1. The second kappa shape index (κ2) is 7.23. The molecule has 0 saturated heterocycles. The van der Waals surface area contributed by atoms with E-state index in [1.165, 1.54) is 5.56 Å². The van der Waals surface area contributed by atoms with Crippen LogP contribution in [0.15, 0.2) is 42.6 Å². The molecule has 1 aromatic heterocycles. The fourth-order valence-electron chi connectivity index (χ4n) is 2.38. The zero-order valence-corrected chi connectivity index (χ0v) is 13.3. The lowest BCUT2D eigenvalue weighted by molar-refractivity contribution is 0.238. The lowest BCUT2D eigenvalue weighted by Crippen LogP contribution is -2.24. The molecule has 1 heterocycles. The van der Waals surface area contributed by atoms with Gasteiger partial charge in [-0.1, -0.05) is 25.1 Å². The topological polar surface area (TPSA) is 34.2 Å². The van der Waals surface area contributed by atoms with Gasteiger partial charge in [-0.3, -0.25) is 4.98 Å². The van der Waals surface area contributed by atoms with Gasteiger partial charge in [0.15, 0.2) is 0 Å². The van der Waals surface area contributed by atoms with E-state index in [1.807, 2.05) is 44.3 Å². The number of para-hydroxylation sites is 1. The van der Waals surface area contributed by atoms with Crippen LogP contribution >= 0.6 is 0 Å². The quantitative estimate of drug-likeness (QED) is 0.874. The Bertz CT molecular complexity index is 581. The summed E-state index contributed by atoms with van der Waals surface area (Å²) in [5.41, 5.74) is 3.37. The maximum atomic E-state index is 5.96. The molecular weight excluding hydrogens is 260 g/mol. The molecule has 0 aliphatic carbocycles. The van der Waals surface area contributed by atoms with E-state index >= 15 is 0 Å². The van der Waals surface area contributed by atoms with E-state index < -0.39 is 0 Å². The van der Waals surface area contributed by atoms with Crippen LogP contribution in [0.3, 0.4) is 0 Å². The van der Waals surface area contributed by atoms with Crippen LogP contribution in [0.4, 0.5) is 0 Å². The number of hydrogen-bond acceptors (Lipinski definition) is 3. The molecule has 1 unspecified atom stereocenters. The molecule has 0 bridgehead atoms. The molecule has 1 aromatic carbocycles. The summed E-state index contributed by atoms with van der Waals surface area (Å²) in [5.74, 6) is 0.918. The lowest BCUT2D eigenvalue weighted by Gasteiger charge is -2.22. The van der Waals surface area contributed by atoms with Crippen LogP contribution in [0.2, 0.25) is 0 Å². The largest absolute Gasteiger partial charge is 0.491 e. The average Bonchev–Trinajstić information content (AvgIpc) is 2.45. The highest BCUT2D eigenvalue weighted by Crippen LogP contribution is 2.30. The molecule has 0 aliphatic rings. The lowest BCUT2D eigenvalue weighted by atomic mass is 10.0. The molecule has 2 aromatic rings.